The predicted molar refractivity (Wildman–Crippen MR) is 69.8 cm³/mol. The molecule has 0 spiro atoms. The van der Waals surface area contributed by atoms with Crippen LogP contribution in [0.5, 0.6) is 0 Å². The summed E-state index contributed by atoms with van der Waals surface area (Å²) in [6, 6.07) is 4.07. The average molecular weight is 298 g/mol. The minimum atomic E-state index is 0.177. The highest BCUT2D eigenvalue weighted by Gasteiger charge is 2.14. The monoisotopic (exact) mass is 297 g/mol. The first-order chi connectivity index (χ1) is 8.22. The van der Waals surface area contributed by atoms with Gasteiger partial charge in [0.25, 0.3) is 0 Å². The first-order valence-corrected chi connectivity index (χ1v) is 6.46. The molecule has 0 saturated carbocycles. The van der Waals surface area contributed by atoms with E-state index in [2.05, 4.69) is 39.5 Å². The van der Waals surface area contributed by atoms with Crippen LogP contribution in [0.3, 0.4) is 0 Å². The van der Waals surface area contributed by atoms with E-state index < -0.39 is 0 Å². The Bertz CT molecular complexity index is 478. The summed E-state index contributed by atoms with van der Waals surface area (Å²) >= 11 is 3.32. The molecular formula is C12H16BrN3O. The van der Waals surface area contributed by atoms with Crippen LogP contribution in [0.15, 0.2) is 33.6 Å². The zero-order chi connectivity index (χ0) is 12.3. The van der Waals surface area contributed by atoms with Gasteiger partial charge in [0.1, 0.15) is 5.76 Å². The molecule has 0 fully saturated rings. The number of aryl methyl sites for hydroxylation is 1. The smallest absolute Gasteiger partial charge is 0.169 e. The van der Waals surface area contributed by atoms with Gasteiger partial charge in [-0.2, -0.15) is 5.10 Å². The standard InChI is InChI=1S/C12H16BrN3O/c1-3-16-8-9(7-15-16)6-10(14-2)11-4-5-12(13)17-11/h4-5,7-8,10,14H,3,6H2,1-2H3. The molecule has 0 saturated heterocycles. The Labute approximate surface area is 109 Å². The first-order valence-electron chi connectivity index (χ1n) is 5.66. The Morgan fingerprint density at radius 1 is 1.53 bits per heavy atom. The number of halogens is 1. The first kappa shape index (κ1) is 12.4. The summed E-state index contributed by atoms with van der Waals surface area (Å²) in [7, 11) is 1.94. The molecule has 4 nitrogen and oxygen atoms in total. The molecule has 0 aliphatic heterocycles. The highest BCUT2D eigenvalue weighted by Crippen LogP contribution is 2.23. The predicted octanol–water partition coefficient (Wildman–Crippen LogP) is 2.76. The Kier molecular flexibility index (Phi) is 4.02. The summed E-state index contributed by atoms with van der Waals surface area (Å²) in [5.74, 6) is 0.934. The van der Waals surface area contributed by atoms with Gasteiger partial charge < -0.3 is 9.73 Å². The van der Waals surface area contributed by atoms with Gasteiger partial charge in [-0.15, -0.1) is 0 Å². The molecule has 0 amide bonds. The Morgan fingerprint density at radius 2 is 2.35 bits per heavy atom. The minimum Gasteiger partial charge on any atom is -0.453 e. The normalized spacial score (nSPS) is 12.9. The number of hydrogen-bond acceptors (Lipinski definition) is 3. The van der Waals surface area contributed by atoms with E-state index >= 15 is 0 Å². The second-order valence-corrected chi connectivity index (χ2v) is 4.67. The molecular weight excluding hydrogens is 282 g/mol. The molecule has 2 rings (SSSR count). The third-order valence-electron chi connectivity index (χ3n) is 2.74. The summed E-state index contributed by atoms with van der Waals surface area (Å²) in [6.45, 7) is 2.98. The second kappa shape index (κ2) is 5.51. The molecule has 5 heteroatoms. The Balaban J connectivity index is 2.09. The van der Waals surface area contributed by atoms with Gasteiger partial charge >= 0.3 is 0 Å². The summed E-state index contributed by atoms with van der Waals surface area (Å²) in [6.07, 6.45) is 4.85. The topological polar surface area (TPSA) is 43.0 Å². The van der Waals surface area contributed by atoms with Crippen LogP contribution in [0.2, 0.25) is 0 Å². The molecule has 0 radical (unpaired) electrons. The molecule has 17 heavy (non-hydrogen) atoms. The second-order valence-electron chi connectivity index (χ2n) is 3.89. The van der Waals surface area contributed by atoms with E-state index in [1.807, 2.05) is 30.1 Å². The maximum Gasteiger partial charge on any atom is 0.169 e. The Hall–Kier alpha value is -1.07. The maximum atomic E-state index is 5.57. The van der Waals surface area contributed by atoms with Crippen LogP contribution < -0.4 is 5.32 Å². The Morgan fingerprint density at radius 3 is 2.88 bits per heavy atom. The molecule has 92 valence electrons. The van der Waals surface area contributed by atoms with E-state index in [1.54, 1.807) is 0 Å². The number of nitrogens with one attached hydrogen (secondary N) is 1. The number of aromatic nitrogens is 2. The number of hydrogen-bond donors (Lipinski definition) is 1. The fourth-order valence-corrected chi connectivity index (χ4v) is 2.10. The lowest BCUT2D eigenvalue weighted by molar-refractivity contribution is 0.416. The molecule has 0 bridgehead atoms. The molecule has 0 aliphatic rings. The highest BCUT2D eigenvalue weighted by atomic mass is 79.9. The summed E-state index contributed by atoms with van der Waals surface area (Å²) in [5.41, 5.74) is 1.21. The fraction of sp³-hybridized carbons (Fsp3) is 0.417. The van der Waals surface area contributed by atoms with Crippen LogP contribution in [0, 0.1) is 0 Å². The van der Waals surface area contributed by atoms with Crippen molar-refractivity contribution in [2.75, 3.05) is 7.05 Å². The third-order valence-corrected chi connectivity index (χ3v) is 3.16. The number of furan rings is 1. The van der Waals surface area contributed by atoms with Gasteiger partial charge in [-0.25, -0.2) is 0 Å². The van der Waals surface area contributed by atoms with Crippen molar-refractivity contribution >= 4 is 15.9 Å². The van der Waals surface area contributed by atoms with Crippen molar-refractivity contribution in [1.82, 2.24) is 15.1 Å². The zero-order valence-corrected chi connectivity index (χ0v) is 11.6. The largest absolute Gasteiger partial charge is 0.453 e. The lowest BCUT2D eigenvalue weighted by atomic mass is 10.1. The fourth-order valence-electron chi connectivity index (χ4n) is 1.78. The van der Waals surface area contributed by atoms with Crippen molar-refractivity contribution in [2.24, 2.45) is 0 Å². The van der Waals surface area contributed by atoms with Crippen molar-refractivity contribution in [3.63, 3.8) is 0 Å². The molecule has 2 heterocycles. The van der Waals surface area contributed by atoms with E-state index in [0.717, 1.165) is 23.4 Å². The van der Waals surface area contributed by atoms with E-state index in [-0.39, 0.29) is 6.04 Å². The van der Waals surface area contributed by atoms with Crippen LogP contribution >= 0.6 is 15.9 Å². The van der Waals surface area contributed by atoms with Crippen molar-refractivity contribution in [3.8, 4) is 0 Å². The number of nitrogens with zero attached hydrogens (tertiary/aromatic N) is 2. The van der Waals surface area contributed by atoms with E-state index in [4.69, 9.17) is 4.42 Å². The van der Waals surface area contributed by atoms with E-state index in [1.165, 1.54) is 5.56 Å². The lowest BCUT2D eigenvalue weighted by Crippen LogP contribution is -2.17. The zero-order valence-electron chi connectivity index (χ0n) is 9.98. The van der Waals surface area contributed by atoms with Gasteiger partial charge in [0.2, 0.25) is 0 Å². The van der Waals surface area contributed by atoms with Crippen LogP contribution in [0.25, 0.3) is 0 Å². The molecule has 1 N–H and O–H groups in total. The van der Waals surface area contributed by atoms with E-state index in [9.17, 15) is 0 Å². The van der Waals surface area contributed by atoms with Gasteiger partial charge in [-0.05, 0) is 54.0 Å². The SMILES string of the molecule is CCn1cc(CC(NC)c2ccc(Br)o2)cn1. The average Bonchev–Trinajstić information content (AvgIpc) is 2.94. The summed E-state index contributed by atoms with van der Waals surface area (Å²) in [5, 5.41) is 7.53. The van der Waals surface area contributed by atoms with Crippen molar-refractivity contribution < 1.29 is 4.42 Å². The van der Waals surface area contributed by atoms with Crippen LogP contribution in [-0.2, 0) is 13.0 Å². The molecule has 0 aromatic carbocycles. The van der Waals surface area contributed by atoms with Gasteiger partial charge in [0, 0.05) is 12.7 Å². The van der Waals surface area contributed by atoms with Gasteiger partial charge in [0.15, 0.2) is 4.67 Å². The molecule has 2 aromatic heterocycles. The number of rotatable bonds is 5. The van der Waals surface area contributed by atoms with E-state index in [0.29, 0.717) is 0 Å². The van der Waals surface area contributed by atoms with Crippen LogP contribution in [0.4, 0.5) is 0 Å². The molecule has 0 aliphatic carbocycles. The molecule has 2 aromatic rings. The minimum absolute atomic E-state index is 0.177. The van der Waals surface area contributed by atoms with Crippen molar-refractivity contribution in [1.29, 1.82) is 0 Å². The van der Waals surface area contributed by atoms with Gasteiger partial charge in [0.05, 0.1) is 12.2 Å². The third kappa shape index (κ3) is 2.98. The van der Waals surface area contributed by atoms with Crippen LogP contribution in [-0.4, -0.2) is 16.8 Å². The summed E-state index contributed by atoms with van der Waals surface area (Å²) < 4.78 is 8.26. The van der Waals surface area contributed by atoms with Crippen LogP contribution in [0.1, 0.15) is 24.3 Å². The summed E-state index contributed by atoms with van der Waals surface area (Å²) in [4.78, 5) is 0. The van der Waals surface area contributed by atoms with Crippen molar-refractivity contribution in [3.05, 3.63) is 40.5 Å². The number of likely N-dealkylation sites (N-methyl/N-ethyl adjacent to an activating group) is 1. The van der Waals surface area contributed by atoms with Gasteiger partial charge in [-0.1, -0.05) is 0 Å². The highest BCUT2D eigenvalue weighted by molar-refractivity contribution is 9.10. The lowest BCUT2D eigenvalue weighted by Gasteiger charge is -2.11. The molecule has 1 atom stereocenters. The maximum absolute atomic E-state index is 5.57. The van der Waals surface area contributed by atoms with Gasteiger partial charge in [-0.3, -0.25) is 4.68 Å². The van der Waals surface area contributed by atoms with Crippen molar-refractivity contribution in [2.45, 2.75) is 25.9 Å². The quantitative estimate of drug-likeness (QED) is 0.923. The molecule has 1 unspecified atom stereocenters.